The molecule has 8 heteroatoms. The molecule has 1 N–H and O–H groups in total. The minimum absolute atomic E-state index is 0.212. The first-order valence-corrected chi connectivity index (χ1v) is 9.64. The summed E-state index contributed by atoms with van der Waals surface area (Å²) >= 11 is 0. The summed E-state index contributed by atoms with van der Waals surface area (Å²) in [5.74, 6) is 0.905. The average molecular weight is 415 g/mol. The zero-order valence-corrected chi connectivity index (χ0v) is 16.9. The second-order valence-corrected chi connectivity index (χ2v) is 6.76. The normalized spacial score (nSPS) is 10.5. The second-order valence-electron chi connectivity index (χ2n) is 6.76. The number of anilines is 1. The van der Waals surface area contributed by atoms with Gasteiger partial charge in [0.2, 0.25) is 0 Å². The Balaban J connectivity index is 1.42. The Hall–Kier alpha value is -4.20. The van der Waals surface area contributed by atoms with Crippen molar-refractivity contribution in [2.24, 2.45) is 0 Å². The van der Waals surface area contributed by atoms with Crippen molar-refractivity contribution in [2.75, 3.05) is 12.4 Å². The topological polar surface area (TPSA) is 91.2 Å². The predicted molar refractivity (Wildman–Crippen MR) is 115 cm³/mol. The predicted octanol–water partition coefficient (Wildman–Crippen LogP) is 3.56. The number of rotatable bonds is 8. The van der Waals surface area contributed by atoms with Crippen LogP contribution < -0.4 is 14.8 Å². The van der Waals surface area contributed by atoms with Crippen LogP contribution in [0, 0.1) is 0 Å². The number of benzene rings is 2. The van der Waals surface area contributed by atoms with Gasteiger partial charge < -0.3 is 14.8 Å². The lowest BCUT2D eigenvalue weighted by Gasteiger charge is -2.13. The number of aromatic nitrogens is 4. The highest BCUT2D eigenvalue weighted by Crippen LogP contribution is 2.31. The maximum absolute atomic E-state index is 12.7. The van der Waals surface area contributed by atoms with Gasteiger partial charge in [0.25, 0.3) is 5.91 Å². The Kier molecular flexibility index (Phi) is 6.18. The molecule has 0 saturated heterocycles. The van der Waals surface area contributed by atoms with Crippen LogP contribution in [-0.2, 0) is 13.2 Å². The fourth-order valence-corrected chi connectivity index (χ4v) is 2.98. The number of amides is 1. The zero-order valence-electron chi connectivity index (χ0n) is 16.9. The number of carbonyl (C=O) groups is 1. The summed E-state index contributed by atoms with van der Waals surface area (Å²) in [6.45, 7) is 0.937. The molecule has 1 amide bonds. The zero-order chi connectivity index (χ0) is 21.5. The molecule has 0 bridgehead atoms. The van der Waals surface area contributed by atoms with Crippen molar-refractivity contribution in [3.63, 3.8) is 0 Å². The van der Waals surface area contributed by atoms with Crippen LogP contribution in [0.15, 0.2) is 79.6 Å². The molecule has 0 aliphatic heterocycles. The lowest BCUT2D eigenvalue weighted by Crippen LogP contribution is -2.12. The second kappa shape index (κ2) is 9.53. The smallest absolute Gasteiger partial charge is 0.255 e. The Morgan fingerprint density at radius 2 is 1.90 bits per heavy atom. The molecule has 4 aromatic rings. The summed E-state index contributed by atoms with van der Waals surface area (Å²) in [6, 6.07) is 16.4. The molecule has 4 rings (SSSR count). The van der Waals surface area contributed by atoms with Crippen LogP contribution in [0.25, 0.3) is 0 Å². The van der Waals surface area contributed by atoms with Crippen LogP contribution in [0.3, 0.4) is 0 Å². The molecule has 0 saturated carbocycles. The lowest BCUT2D eigenvalue weighted by molar-refractivity contribution is 0.102. The summed E-state index contributed by atoms with van der Waals surface area (Å²) in [7, 11) is 1.57. The van der Waals surface area contributed by atoms with Crippen LogP contribution >= 0.6 is 0 Å². The van der Waals surface area contributed by atoms with Gasteiger partial charge in [0.05, 0.1) is 13.7 Å². The van der Waals surface area contributed by atoms with Gasteiger partial charge in [0.1, 0.15) is 19.3 Å². The summed E-state index contributed by atoms with van der Waals surface area (Å²) in [5, 5.41) is 6.98. The minimum Gasteiger partial charge on any atom is -0.493 e. The number of nitrogens with one attached hydrogen (secondary N) is 1. The van der Waals surface area contributed by atoms with Crippen molar-refractivity contribution < 1.29 is 14.3 Å². The highest BCUT2D eigenvalue weighted by molar-refractivity contribution is 6.04. The molecule has 0 atom stereocenters. The van der Waals surface area contributed by atoms with Crippen molar-refractivity contribution in [1.82, 2.24) is 19.7 Å². The molecule has 0 aliphatic carbocycles. The number of hydrogen-bond donors (Lipinski definition) is 1. The van der Waals surface area contributed by atoms with Gasteiger partial charge in [-0.25, -0.2) is 9.67 Å². The van der Waals surface area contributed by atoms with Gasteiger partial charge in [0.15, 0.2) is 11.5 Å². The standard InChI is InChI=1S/C23H21N5O3/c1-30-21-9-8-20(11-22(21)31-14-18-3-2-10-24-12-18)27-23(29)19-6-4-17(5-7-19)13-28-16-25-15-26-28/h2-12,15-16H,13-14H2,1H3,(H,27,29). The summed E-state index contributed by atoms with van der Waals surface area (Å²) < 4.78 is 13.0. The molecule has 8 nitrogen and oxygen atoms in total. The lowest BCUT2D eigenvalue weighted by atomic mass is 10.1. The number of carbonyl (C=O) groups excluding carboxylic acids is 1. The van der Waals surface area contributed by atoms with E-state index in [1.165, 1.54) is 6.33 Å². The largest absolute Gasteiger partial charge is 0.493 e. The molecular weight excluding hydrogens is 394 g/mol. The van der Waals surface area contributed by atoms with Crippen LogP contribution in [-0.4, -0.2) is 32.8 Å². The van der Waals surface area contributed by atoms with Gasteiger partial charge in [-0.1, -0.05) is 18.2 Å². The van der Waals surface area contributed by atoms with E-state index in [-0.39, 0.29) is 5.91 Å². The molecule has 0 aliphatic rings. The average Bonchev–Trinajstić information content (AvgIpc) is 3.32. The van der Waals surface area contributed by atoms with Crippen LogP contribution in [0.5, 0.6) is 11.5 Å². The van der Waals surface area contributed by atoms with Gasteiger partial charge >= 0.3 is 0 Å². The molecule has 2 heterocycles. The molecule has 0 radical (unpaired) electrons. The Morgan fingerprint density at radius 3 is 2.61 bits per heavy atom. The van der Waals surface area contributed by atoms with Gasteiger partial charge in [-0.3, -0.25) is 9.78 Å². The molecule has 2 aromatic heterocycles. The van der Waals surface area contributed by atoms with Gasteiger partial charge in [0, 0.05) is 35.3 Å². The van der Waals surface area contributed by atoms with Gasteiger partial charge in [-0.15, -0.1) is 0 Å². The molecular formula is C23H21N5O3. The molecule has 0 spiro atoms. The van der Waals surface area contributed by atoms with E-state index in [2.05, 4.69) is 20.4 Å². The number of nitrogens with zero attached hydrogens (tertiary/aromatic N) is 4. The van der Waals surface area contributed by atoms with E-state index in [0.29, 0.717) is 35.9 Å². The molecule has 156 valence electrons. The van der Waals surface area contributed by atoms with E-state index in [9.17, 15) is 4.79 Å². The van der Waals surface area contributed by atoms with Crippen molar-refractivity contribution in [2.45, 2.75) is 13.2 Å². The van der Waals surface area contributed by atoms with E-state index < -0.39 is 0 Å². The van der Waals surface area contributed by atoms with Crippen molar-refractivity contribution in [3.8, 4) is 11.5 Å². The van der Waals surface area contributed by atoms with Crippen molar-refractivity contribution in [1.29, 1.82) is 0 Å². The first kappa shape index (κ1) is 20.1. The number of ether oxygens (including phenoxy) is 2. The summed E-state index contributed by atoms with van der Waals surface area (Å²) in [4.78, 5) is 20.7. The van der Waals surface area contributed by atoms with Crippen molar-refractivity contribution in [3.05, 3.63) is 96.3 Å². The third kappa shape index (κ3) is 5.24. The maximum Gasteiger partial charge on any atom is 0.255 e. The number of hydrogen-bond acceptors (Lipinski definition) is 6. The minimum atomic E-state index is -0.212. The van der Waals surface area contributed by atoms with Gasteiger partial charge in [-0.2, -0.15) is 5.10 Å². The summed E-state index contributed by atoms with van der Waals surface area (Å²) in [5.41, 5.74) is 3.12. The molecule has 2 aromatic carbocycles. The SMILES string of the molecule is COc1ccc(NC(=O)c2ccc(Cn3cncn3)cc2)cc1OCc1cccnc1. The Bertz CT molecular complexity index is 1130. The number of pyridine rings is 1. The van der Waals surface area contributed by atoms with E-state index in [1.807, 2.05) is 24.3 Å². The molecule has 0 fully saturated rings. The Morgan fingerprint density at radius 1 is 1.03 bits per heavy atom. The summed E-state index contributed by atoms with van der Waals surface area (Å²) in [6.07, 6.45) is 6.59. The van der Waals surface area contributed by atoms with E-state index in [0.717, 1.165) is 11.1 Å². The third-order valence-electron chi connectivity index (χ3n) is 4.57. The third-order valence-corrected chi connectivity index (χ3v) is 4.57. The highest BCUT2D eigenvalue weighted by atomic mass is 16.5. The first-order chi connectivity index (χ1) is 15.2. The quantitative estimate of drug-likeness (QED) is 0.473. The maximum atomic E-state index is 12.7. The van der Waals surface area contributed by atoms with E-state index in [4.69, 9.17) is 9.47 Å². The monoisotopic (exact) mass is 415 g/mol. The molecule has 0 unspecified atom stereocenters. The van der Waals surface area contributed by atoms with Crippen LogP contribution in [0.4, 0.5) is 5.69 Å². The van der Waals surface area contributed by atoms with Crippen LogP contribution in [0.1, 0.15) is 21.5 Å². The first-order valence-electron chi connectivity index (χ1n) is 9.64. The van der Waals surface area contributed by atoms with E-state index >= 15 is 0 Å². The van der Waals surface area contributed by atoms with Gasteiger partial charge in [-0.05, 0) is 35.9 Å². The van der Waals surface area contributed by atoms with Crippen LogP contribution in [0.2, 0.25) is 0 Å². The highest BCUT2D eigenvalue weighted by Gasteiger charge is 2.11. The fraction of sp³-hybridized carbons (Fsp3) is 0.130. The van der Waals surface area contributed by atoms with Crippen molar-refractivity contribution >= 4 is 11.6 Å². The van der Waals surface area contributed by atoms with E-state index in [1.54, 1.807) is 60.8 Å². The fourth-order valence-electron chi connectivity index (χ4n) is 2.98. The Labute approximate surface area is 179 Å². The molecule has 31 heavy (non-hydrogen) atoms. The number of methoxy groups -OCH3 is 1.